The van der Waals surface area contributed by atoms with Crippen LogP contribution in [0.2, 0.25) is 0 Å². The van der Waals surface area contributed by atoms with Gasteiger partial charge in [0.05, 0.1) is 5.41 Å². The van der Waals surface area contributed by atoms with Crippen LogP contribution in [-0.2, 0) is 4.79 Å². The van der Waals surface area contributed by atoms with Crippen molar-refractivity contribution in [1.82, 2.24) is 0 Å². The number of hydrogen-bond acceptors (Lipinski definition) is 1. The number of carboxylic acids is 1. The van der Waals surface area contributed by atoms with Crippen LogP contribution in [0.1, 0.15) is 46.0 Å². The molecule has 1 saturated carbocycles. The van der Waals surface area contributed by atoms with Crippen molar-refractivity contribution >= 4 is 35.5 Å². The van der Waals surface area contributed by atoms with E-state index in [0.717, 1.165) is 25.7 Å². The first-order valence-corrected chi connectivity index (χ1v) is 4.83. The molecule has 0 bridgehead atoms. The van der Waals surface area contributed by atoms with E-state index >= 15 is 0 Å². The van der Waals surface area contributed by atoms with Gasteiger partial charge in [0, 0.05) is 0 Å². The summed E-state index contributed by atoms with van der Waals surface area (Å²) in [4.78, 5) is 11.1. The summed E-state index contributed by atoms with van der Waals surface area (Å²) in [5.74, 6) is -0.313. The third kappa shape index (κ3) is 2.71. The third-order valence-electron chi connectivity index (χ3n) is 3.28. The van der Waals surface area contributed by atoms with Crippen LogP contribution in [0.5, 0.6) is 0 Å². The Morgan fingerprint density at radius 2 is 1.69 bits per heavy atom. The van der Waals surface area contributed by atoms with Gasteiger partial charge in [-0.1, -0.05) is 33.1 Å². The Morgan fingerprint density at radius 3 is 1.92 bits per heavy atom. The van der Waals surface area contributed by atoms with Crippen molar-refractivity contribution < 1.29 is 9.90 Å². The number of hydrogen-bond donors (Lipinski definition) is 1. The van der Waals surface area contributed by atoms with E-state index in [1.807, 2.05) is 13.8 Å². The maximum atomic E-state index is 11.1. The fourth-order valence-electron chi connectivity index (χ4n) is 2.22. The van der Waals surface area contributed by atoms with Crippen LogP contribution < -0.4 is 0 Å². The van der Waals surface area contributed by atoms with Crippen LogP contribution >= 0.6 is 0 Å². The Morgan fingerprint density at radius 1 is 1.23 bits per heavy atom. The predicted molar refractivity (Wildman–Crippen MR) is 55.1 cm³/mol. The fourth-order valence-corrected chi connectivity index (χ4v) is 2.22. The molecule has 1 rings (SSSR count). The summed E-state index contributed by atoms with van der Waals surface area (Å²) in [5, 5.41) is 9.16. The number of aliphatic carboxylic acids is 1. The van der Waals surface area contributed by atoms with Gasteiger partial charge in [-0.15, -0.1) is 0 Å². The average molecular weight is 194 g/mol. The fraction of sp³-hybridized carbons (Fsp3) is 0.900. The van der Waals surface area contributed by atoms with E-state index in [0.29, 0.717) is 0 Å². The van der Waals surface area contributed by atoms with E-state index < -0.39 is 11.4 Å². The van der Waals surface area contributed by atoms with E-state index in [2.05, 4.69) is 0 Å². The first-order chi connectivity index (χ1) is 5.59. The van der Waals surface area contributed by atoms with E-state index in [1.54, 1.807) is 0 Å². The summed E-state index contributed by atoms with van der Waals surface area (Å²) in [6.45, 7) is 4.05. The second-order valence-electron chi connectivity index (χ2n) is 4.18. The number of rotatable bonds is 2. The van der Waals surface area contributed by atoms with Gasteiger partial charge in [-0.25, -0.2) is 0 Å². The molecule has 0 spiro atoms. The molecule has 0 aromatic rings. The minimum atomic E-state index is -0.586. The minimum absolute atomic E-state index is 0. The first-order valence-electron chi connectivity index (χ1n) is 4.83. The molecule has 0 saturated heterocycles. The molecular weight excluding hydrogens is 175 g/mol. The zero-order valence-corrected chi connectivity index (χ0v) is 7.97. The summed E-state index contributed by atoms with van der Waals surface area (Å²) >= 11 is 0. The second kappa shape index (κ2) is 5.38. The van der Waals surface area contributed by atoms with Crippen molar-refractivity contribution in [3.8, 4) is 0 Å². The Kier molecular flexibility index (Phi) is 5.57. The molecule has 0 heterocycles. The van der Waals surface area contributed by atoms with Gasteiger partial charge >= 0.3 is 35.5 Å². The number of carboxylic acid groups (broad SMARTS) is 1. The molecule has 0 amide bonds. The van der Waals surface area contributed by atoms with Crippen LogP contribution in [0.3, 0.4) is 0 Å². The zero-order chi connectivity index (χ0) is 9.19. The standard InChI is InChI=1S/C10H18O2.Na.H/c1-8(2)10(9(11)12)6-4-3-5-7-10;;/h8H,3-7H2,1-2H3,(H,11,12);;. The average Bonchev–Trinajstić information content (AvgIpc) is 2.05. The van der Waals surface area contributed by atoms with Gasteiger partial charge in [-0.3, -0.25) is 4.79 Å². The molecule has 3 heteroatoms. The van der Waals surface area contributed by atoms with Gasteiger partial charge < -0.3 is 5.11 Å². The molecule has 2 nitrogen and oxygen atoms in total. The summed E-state index contributed by atoms with van der Waals surface area (Å²) < 4.78 is 0. The molecule has 1 aliphatic carbocycles. The van der Waals surface area contributed by atoms with Crippen molar-refractivity contribution in [2.24, 2.45) is 11.3 Å². The maximum absolute atomic E-state index is 11.1. The molecule has 72 valence electrons. The molecular formula is C10H19NaO2. The second-order valence-corrected chi connectivity index (χ2v) is 4.18. The topological polar surface area (TPSA) is 37.3 Å². The van der Waals surface area contributed by atoms with E-state index in [-0.39, 0.29) is 35.5 Å². The van der Waals surface area contributed by atoms with Crippen LogP contribution in [0.25, 0.3) is 0 Å². The van der Waals surface area contributed by atoms with Crippen molar-refractivity contribution in [3.05, 3.63) is 0 Å². The van der Waals surface area contributed by atoms with Gasteiger partial charge in [0.25, 0.3) is 0 Å². The molecule has 1 fully saturated rings. The Bertz CT molecular complexity index is 172. The van der Waals surface area contributed by atoms with Crippen molar-refractivity contribution in [1.29, 1.82) is 0 Å². The Hall–Kier alpha value is 0.470. The first kappa shape index (κ1) is 13.5. The monoisotopic (exact) mass is 194 g/mol. The molecule has 0 aliphatic heterocycles. The van der Waals surface area contributed by atoms with Gasteiger partial charge in [0.2, 0.25) is 0 Å². The van der Waals surface area contributed by atoms with Gasteiger partial charge in [-0.05, 0) is 18.8 Å². The molecule has 0 atom stereocenters. The molecule has 1 aliphatic rings. The van der Waals surface area contributed by atoms with E-state index in [4.69, 9.17) is 5.11 Å². The van der Waals surface area contributed by atoms with E-state index in [9.17, 15) is 4.79 Å². The Labute approximate surface area is 102 Å². The molecule has 1 N–H and O–H groups in total. The molecule has 0 unspecified atom stereocenters. The molecule has 0 radical (unpaired) electrons. The van der Waals surface area contributed by atoms with Gasteiger partial charge in [-0.2, -0.15) is 0 Å². The molecule has 0 aromatic carbocycles. The van der Waals surface area contributed by atoms with Crippen LogP contribution in [0.15, 0.2) is 0 Å². The summed E-state index contributed by atoms with van der Waals surface area (Å²) in [6, 6.07) is 0. The van der Waals surface area contributed by atoms with Crippen LogP contribution in [0, 0.1) is 11.3 Å². The summed E-state index contributed by atoms with van der Waals surface area (Å²) in [6.07, 6.45) is 5.14. The SMILES string of the molecule is CC(C)C1(C(=O)O)CCCCC1.[NaH]. The van der Waals surface area contributed by atoms with E-state index in [1.165, 1.54) is 6.42 Å². The zero-order valence-electron chi connectivity index (χ0n) is 7.97. The van der Waals surface area contributed by atoms with Gasteiger partial charge in [0.15, 0.2) is 0 Å². The van der Waals surface area contributed by atoms with Crippen LogP contribution in [-0.4, -0.2) is 40.6 Å². The van der Waals surface area contributed by atoms with Crippen molar-refractivity contribution in [3.63, 3.8) is 0 Å². The van der Waals surface area contributed by atoms with Gasteiger partial charge in [0.1, 0.15) is 0 Å². The summed E-state index contributed by atoms with van der Waals surface area (Å²) in [5.41, 5.74) is -0.405. The predicted octanol–water partition coefficient (Wildman–Crippen LogP) is 2.03. The van der Waals surface area contributed by atoms with Crippen molar-refractivity contribution in [2.75, 3.05) is 0 Å². The molecule has 0 aromatic heterocycles. The van der Waals surface area contributed by atoms with Crippen LogP contribution in [0.4, 0.5) is 0 Å². The van der Waals surface area contributed by atoms with Crippen molar-refractivity contribution in [2.45, 2.75) is 46.0 Å². The molecule has 13 heavy (non-hydrogen) atoms. The summed E-state index contributed by atoms with van der Waals surface area (Å²) in [7, 11) is 0. The normalized spacial score (nSPS) is 20.8. The quantitative estimate of drug-likeness (QED) is 0.683. The third-order valence-corrected chi connectivity index (χ3v) is 3.28. The Balaban J connectivity index is 0.00000144. The number of carbonyl (C=O) groups is 1.